The van der Waals surface area contributed by atoms with Crippen molar-refractivity contribution in [2.24, 2.45) is 22.7 Å². The van der Waals surface area contributed by atoms with E-state index in [2.05, 4.69) is 79.5 Å². The number of carbonyl (C=O) groups is 4. The Morgan fingerprint density at radius 3 is 1.57 bits per heavy atom. The molecule has 0 radical (unpaired) electrons. The molecule has 4 fully saturated rings. The third-order valence-electron chi connectivity index (χ3n) is 17.0. The van der Waals surface area contributed by atoms with Crippen LogP contribution >= 0.6 is 0 Å². The number of carbonyl (C=O) groups excluding carboxylic acids is 4. The second-order valence-electron chi connectivity index (χ2n) is 23.9. The molecule has 2 aromatic carbocycles. The van der Waals surface area contributed by atoms with Gasteiger partial charge in [-0.3, -0.25) is 9.59 Å². The molecule has 2 aliphatic heterocycles. The first-order chi connectivity index (χ1) is 32.7. The highest BCUT2D eigenvalue weighted by Gasteiger charge is 2.51. The smallest absolute Gasteiger partial charge is 0.407 e. The Morgan fingerprint density at radius 1 is 0.623 bits per heavy atom. The average Bonchev–Trinajstić information content (AvgIpc) is 4.18. The van der Waals surface area contributed by atoms with E-state index in [1.54, 1.807) is 0 Å². The Bertz CT molecular complexity index is 2710. The van der Waals surface area contributed by atoms with E-state index >= 15 is 0 Å². The number of aromatic amines is 2. The number of rotatable bonds is 11. The van der Waals surface area contributed by atoms with Crippen molar-refractivity contribution in [3.63, 3.8) is 0 Å². The van der Waals surface area contributed by atoms with Gasteiger partial charge in [-0.15, -0.1) is 0 Å². The number of fused-ring (bicyclic) bond motifs is 10. The van der Waals surface area contributed by atoms with Crippen molar-refractivity contribution < 1.29 is 28.7 Å². The summed E-state index contributed by atoms with van der Waals surface area (Å²) in [5.74, 6) is 2.51. The lowest BCUT2D eigenvalue weighted by atomic mass is 9.74. The number of aromatic nitrogens is 4. The predicted molar refractivity (Wildman–Crippen MR) is 264 cm³/mol. The molecule has 4 heterocycles. The Morgan fingerprint density at radius 2 is 1.07 bits per heavy atom. The summed E-state index contributed by atoms with van der Waals surface area (Å²) < 4.78 is 9.79. The molecular formula is C55H72N8O6. The standard InChI is InChI=1S/C55H72N8O6/c1-28(2)45(60-51(66)68-10)49(64)62-26-53(5,6)22-39(62)47-56-24-37(58-47)35-16-14-33(41-30-12-13-31(20-30)42(35)41)34-15-17-36(44-43(34)32-18-19-55(44,9)21-32)38-25-57-48(59-38)40-23-54(7,8)27-63(40)50(65)46(29(3)4)61-52(67)69-11/h14-17,24-25,28-32,39-40,45-46H,12-13,18-23,26-27H2,1-11H3,(H,56,58)(H,57,59)(H,60,66)(H,61,67). The second-order valence-corrected chi connectivity index (χ2v) is 23.9. The summed E-state index contributed by atoms with van der Waals surface area (Å²) in [6, 6.07) is 7.45. The molecule has 2 aromatic heterocycles. The van der Waals surface area contributed by atoms with E-state index in [9.17, 15) is 19.2 Å². The van der Waals surface area contributed by atoms with E-state index in [1.165, 1.54) is 78.0 Å². The van der Waals surface area contributed by atoms with Gasteiger partial charge in [0.05, 0.1) is 50.1 Å². The molecule has 2 saturated carbocycles. The maximum Gasteiger partial charge on any atom is 0.407 e. The molecular weight excluding hydrogens is 869 g/mol. The molecule has 14 nitrogen and oxygen atoms in total. The van der Waals surface area contributed by atoms with Crippen molar-refractivity contribution in [2.75, 3.05) is 27.3 Å². The zero-order valence-electron chi connectivity index (χ0n) is 42.5. The first-order valence-corrected chi connectivity index (χ1v) is 25.5. The number of methoxy groups -OCH3 is 2. The Hall–Kier alpha value is -5.66. The van der Waals surface area contributed by atoms with Crippen LogP contribution in [-0.4, -0.2) is 93.1 Å². The molecule has 6 aliphatic rings. The van der Waals surface area contributed by atoms with Gasteiger partial charge in [0, 0.05) is 24.2 Å². The molecule has 14 heteroatoms. The van der Waals surface area contributed by atoms with E-state index in [0.29, 0.717) is 30.8 Å². The Balaban J connectivity index is 0.990. The minimum absolute atomic E-state index is 0.0427. The van der Waals surface area contributed by atoms with Crippen LogP contribution in [0.2, 0.25) is 0 Å². The molecule has 4 aromatic rings. The molecule has 69 heavy (non-hydrogen) atoms. The third kappa shape index (κ3) is 8.01. The number of ether oxygens (including phenoxy) is 2. The predicted octanol–water partition coefficient (Wildman–Crippen LogP) is 10.4. The first-order valence-electron chi connectivity index (χ1n) is 25.5. The Labute approximate surface area is 406 Å². The van der Waals surface area contributed by atoms with E-state index < -0.39 is 24.3 Å². The fourth-order valence-electron chi connectivity index (χ4n) is 13.9. The largest absolute Gasteiger partial charge is 0.453 e. The van der Waals surface area contributed by atoms with Gasteiger partial charge in [-0.1, -0.05) is 86.6 Å². The Kier molecular flexibility index (Phi) is 11.6. The van der Waals surface area contributed by atoms with Crippen molar-refractivity contribution in [3.05, 3.63) is 70.6 Å². The zero-order valence-corrected chi connectivity index (χ0v) is 42.5. The lowest BCUT2D eigenvalue weighted by Crippen LogP contribution is -2.51. The van der Waals surface area contributed by atoms with Gasteiger partial charge in [-0.2, -0.15) is 0 Å². The maximum atomic E-state index is 14.2. The molecule has 368 valence electrons. The van der Waals surface area contributed by atoms with Gasteiger partial charge in [0.2, 0.25) is 11.8 Å². The summed E-state index contributed by atoms with van der Waals surface area (Å²) in [6.45, 7) is 20.1. The number of likely N-dealkylation sites (tertiary alicyclic amines) is 2. The minimum Gasteiger partial charge on any atom is -0.453 e. The monoisotopic (exact) mass is 941 g/mol. The van der Waals surface area contributed by atoms with Gasteiger partial charge < -0.3 is 39.9 Å². The summed E-state index contributed by atoms with van der Waals surface area (Å²) in [4.78, 5) is 74.4. The number of hydrogen-bond acceptors (Lipinski definition) is 8. The van der Waals surface area contributed by atoms with Crippen LogP contribution in [0.15, 0.2) is 36.7 Å². The van der Waals surface area contributed by atoms with Crippen molar-refractivity contribution in [2.45, 2.75) is 161 Å². The topological polar surface area (TPSA) is 175 Å². The van der Waals surface area contributed by atoms with E-state index in [-0.39, 0.29) is 52.0 Å². The number of benzene rings is 2. The van der Waals surface area contributed by atoms with Crippen molar-refractivity contribution >= 4 is 24.0 Å². The molecule has 2 saturated heterocycles. The van der Waals surface area contributed by atoms with Gasteiger partial charge in [-0.25, -0.2) is 19.6 Å². The number of nitrogens with one attached hydrogen (secondary N) is 4. The summed E-state index contributed by atoms with van der Waals surface area (Å²) in [5, 5.41) is 5.58. The number of nitrogens with zero attached hydrogens (tertiary/aromatic N) is 4. The summed E-state index contributed by atoms with van der Waals surface area (Å²) in [5.41, 5.74) is 12.7. The number of alkyl carbamates (subject to hydrolysis) is 2. The van der Waals surface area contributed by atoms with Crippen LogP contribution in [-0.2, 0) is 24.5 Å². The van der Waals surface area contributed by atoms with Crippen molar-refractivity contribution in [1.29, 1.82) is 0 Å². The lowest BCUT2D eigenvalue weighted by molar-refractivity contribution is -0.136. The summed E-state index contributed by atoms with van der Waals surface area (Å²) in [7, 11) is 2.64. The maximum absolute atomic E-state index is 14.2. The van der Waals surface area contributed by atoms with Crippen LogP contribution in [0.4, 0.5) is 9.59 Å². The molecule has 4 bridgehead atoms. The van der Waals surface area contributed by atoms with Gasteiger partial charge in [-0.05, 0) is 131 Å². The molecule has 4 N–H and O–H groups in total. The fraction of sp³-hybridized carbons (Fsp3) is 0.600. The van der Waals surface area contributed by atoms with Crippen LogP contribution in [0.1, 0.15) is 177 Å². The number of hydrogen-bond donors (Lipinski definition) is 4. The highest BCUT2D eigenvalue weighted by Crippen LogP contribution is 2.64. The fourth-order valence-corrected chi connectivity index (χ4v) is 13.9. The minimum atomic E-state index is -0.716. The van der Waals surface area contributed by atoms with Gasteiger partial charge in [0.25, 0.3) is 0 Å². The third-order valence-corrected chi connectivity index (χ3v) is 17.0. The lowest BCUT2D eigenvalue weighted by Gasteiger charge is -2.31. The normalized spacial score (nSPS) is 26.7. The van der Waals surface area contributed by atoms with Crippen molar-refractivity contribution in [3.8, 4) is 33.6 Å². The molecule has 10 rings (SSSR count). The first kappa shape index (κ1) is 47.0. The van der Waals surface area contributed by atoms with E-state index in [1.807, 2.05) is 49.9 Å². The molecule has 0 spiro atoms. The highest BCUT2D eigenvalue weighted by atomic mass is 16.5. The summed E-state index contributed by atoms with van der Waals surface area (Å²) in [6.07, 6.45) is 11.2. The number of H-pyrrole nitrogens is 2. The van der Waals surface area contributed by atoms with Crippen LogP contribution in [0, 0.1) is 22.7 Å². The van der Waals surface area contributed by atoms with E-state index in [4.69, 9.17) is 19.4 Å². The van der Waals surface area contributed by atoms with Gasteiger partial charge >= 0.3 is 12.2 Å². The molecule has 8 unspecified atom stereocenters. The quantitative estimate of drug-likeness (QED) is 0.115. The second kappa shape index (κ2) is 17.0. The van der Waals surface area contributed by atoms with Crippen molar-refractivity contribution in [1.82, 2.24) is 40.4 Å². The molecule has 8 atom stereocenters. The van der Waals surface area contributed by atoms with Crippen LogP contribution < -0.4 is 10.6 Å². The molecule has 4 amide bonds. The summed E-state index contributed by atoms with van der Waals surface area (Å²) >= 11 is 0. The zero-order chi connectivity index (χ0) is 49.1. The van der Waals surface area contributed by atoms with Crippen LogP contribution in [0.5, 0.6) is 0 Å². The average molecular weight is 941 g/mol. The van der Waals surface area contributed by atoms with Gasteiger partial charge in [0.15, 0.2) is 0 Å². The van der Waals surface area contributed by atoms with E-state index in [0.717, 1.165) is 55.1 Å². The van der Waals surface area contributed by atoms with Crippen LogP contribution in [0.25, 0.3) is 33.6 Å². The highest BCUT2D eigenvalue weighted by molar-refractivity contribution is 5.88. The SMILES string of the molecule is COC(=O)NC(C(=O)N1CC(C)(C)CC1c1ncc(-c2ccc(-c3ccc(-c4cnc(C5CC(C)(C)CN5C(=O)C(NC(=O)OC)C(C)C)[nH]4)c4c3C3CCC4(C)C3)c3c2C2CCC3C2)[nH]1)C(C)C. The number of imidazole rings is 2. The van der Waals surface area contributed by atoms with Crippen LogP contribution in [0.3, 0.4) is 0 Å². The number of amides is 4. The van der Waals surface area contributed by atoms with Gasteiger partial charge in [0.1, 0.15) is 23.7 Å². The molecule has 4 aliphatic carbocycles.